The van der Waals surface area contributed by atoms with Crippen molar-refractivity contribution in [2.24, 2.45) is 0 Å². The minimum absolute atomic E-state index is 0.211. The van der Waals surface area contributed by atoms with Crippen LogP contribution in [0, 0.1) is 45.3 Å². The summed E-state index contributed by atoms with van der Waals surface area (Å²) in [5, 5.41) is 43.0. The standard InChI is InChI=1S/C69H48N4O8/c70-42-58(62(48-25-9-1-10-26-48)49-27-11-2-12-28-49)66(74)78-46-56(80-68(76)60(44-72)64(52-33-17-5-18-34-52)53-35-19-6-20-36-53)41-57(81-69(77)61(45-73)65(54-37-21-7-22-38-54)55-39-23-8-24-40-55)47-79-67(75)59(43-71)63(50-29-13-3-14-30-50)51-31-15-4-16-32-51/h1-40,56-57H,41,46-47H2. The number of hydrogen-bond acceptors (Lipinski definition) is 12. The summed E-state index contributed by atoms with van der Waals surface area (Å²) in [6, 6.07) is 77.7. The Morgan fingerprint density at radius 2 is 0.457 bits per heavy atom. The summed E-state index contributed by atoms with van der Waals surface area (Å²) < 4.78 is 24.2. The fourth-order valence-electron chi connectivity index (χ4n) is 8.97. The van der Waals surface area contributed by atoms with E-state index in [2.05, 4.69) is 0 Å². The summed E-state index contributed by atoms with van der Waals surface area (Å²) in [6.07, 6.45) is -3.89. The normalized spacial score (nSPS) is 10.9. The second kappa shape index (κ2) is 28.1. The Morgan fingerprint density at radius 1 is 0.284 bits per heavy atom. The highest BCUT2D eigenvalue weighted by atomic mass is 16.6. The zero-order valence-electron chi connectivity index (χ0n) is 43.4. The molecule has 392 valence electrons. The molecule has 0 aliphatic carbocycles. The topological polar surface area (TPSA) is 200 Å². The van der Waals surface area contributed by atoms with Crippen LogP contribution in [0.5, 0.6) is 0 Å². The third kappa shape index (κ3) is 14.1. The number of hydrogen-bond donors (Lipinski definition) is 0. The van der Waals surface area contributed by atoms with E-state index in [0.29, 0.717) is 44.5 Å². The van der Waals surface area contributed by atoms with Crippen molar-refractivity contribution in [3.8, 4) is 24.3 Å². The SMILES string of the molecule is N#CC(C(=O)OCC(CC(COC(=O)C(C#N)=C(c1ccccc1)c1ccccc1)OC(=O)C(C#N)=C(c1ccccc1)c1ccccc1)OC(=O)C(C#N)=C(c1ccccc1)c1ccccc1)=C(c1ccccc1)c1ccccc1. The maximum atomic E-state index is 14.8. The highest BCUT2D eigenvalue weighted by Gasteiger charge is 2.33. The molecule has 2 atom stereocenters. The second-order valence-corrected chi connectivity index (χ2v) is 17.9. The summed E-state index contributed by atoms with van der Waals surface area (Å²) >= 11 is 0. The van der Waals surface area contributed by atoms with Crippen LogP contribution in [0.25, 0.3) is 22.3 Å². The molecular formula is C69H48N4O8. The van der Waals surface area contributed by atoms with Gasteiger partial charge in [0.25, 0.3) is 0 Å². The first-order valence-electron chi connectivity index (χ1n) is 25.5. The quantitative estimate of drug-likeness (QED) is 0.0303. The maximum Gasteiger partial charge on any atom is 0.349 e. The molecule has 0 radical (unpaired) electrons. The Hall–Kier alpha value is -11.4. The van der Waals surface area contributed by atoms with Crippen LogP contribution in [-0.2, 0) is 38.1 Å². The second-order valence-electron chi connectivity index (χ2n) is 17.9. The van der Waals surface area contributed by atoms with Crippen LogP contribution in [0.1, 0.15) is 50.9 Å². The number of esters is 4. The first kappa shape index (κ1) is 55.8. The molecule has 0 N–H and O–H groups in total. The van der Waals surface area contributed by atoms with Crippen molar-refractivity contribution in [3.05, 3.63) is 309 Å². The number of carbonyl (C=O) groups excluding carboxylic acids is 4. The van der Waals surface area contributed by atoms with Crippen molar-refractivity contribution in [1.29, 1.82) is 21.0 Å². The Labute approximate surface area is 468 Å². The lowest BCUT2D eigenvalue weighted by Gasteiger charge is -2.25. The van der Waals surface area contributed by atoms with Crippen molar-refractivity contribution in [2.45, 2.75) is 18.6 Å². The summed E-state index contributed by atoms with van der Waals surface area (Å²) in [7, 11) is 0. The monoisotopic (exact) mass is 1060 g/mol. The molecule has 81 heavy (non-hydrogen) atoms. The Morgan fingerprint density at radius 3 is 0.630 bits per heavy atom. The number of rotatable bonds is 20. The summed E-state index contributed by atoms with van der Waals surface area (Å²) in [5.41, 5.74) is 3.28. The van der Waals surface area contributed by atoms with Gasteiger partial charge in [-0.3, -0.25) is 0 Å². The van der Waals surface area contributed by atoms with Crippen LogP contribution >= 0.6 is 0 Å². The fourth-order valence-corrected chi connectivity index (χ4v) is 8.97. The van der Waals surface area contributed by atoms with E-state index in [1.165, 1.54) is 0 Å². The van der Waals surface area contributed by atoms with Gasteiger partial charge in [-0.1, -0.05) is 243 Å². The van der Waals surface area contributed by atoms with E-state index >= 15 is 0 Å². The predicted molar refractivity (Wildman–Crippen MR) is 304 cm³/mol. The third-order valence-corrected chi connectivity index (χ3v) is 12.6. The van der Waals surface area contributed by atoms with Crippen LogP contribution in [0.4, 0.5) is 0 Å². The predicted octanol–water partition coefficient (Wildman–Crippen LogP) is 12.4. The van der Waals surface area contributed by atoms with Crippen molar-refractivity contribution in [1.82, 2.24) is 0 Å². The lowest BCUT2D eigenvalue weighted by molar-refractivity contribution is -0.162. The molecule has 0 bridgehead atoms. The maximum absolute atomic E-state index is 14.8. The number of nitrogens with zero attached hydrogens (tertiary/aromatic N) is 4. The molecule has 0 aliphatic rings. The zero-order chi connectivity index (χ0) is 56.8. The lowest BCUT2D eigenvalue weighted by Crippen LogP contribution is -2.35. The smallest absolute Gasteiger partial charge is 0.349 e. The van der Waals surface area contributed by atoms with Crippen LogP contribution in [0.3, 0.4) is 0 Å². The largest absolute Gasteiger partial charge is 0.458 e. The molecule has 0 amide bonds. The molecule has 12 nitrogen and oxygen atoms in total. The van der Waals surface area contributed by atoms with E-state index in [9.17, 15) is 40.2 Å². The van der Waals surface area contributed by atoms with Crippen molar-refractivity contribution < 1.29 is 38.1 Å². The van der Waals surface area contributed by atoms with Gasteiger partial charge in [0.2, 0.25) is 0 Å². The molecule has 0 saturated carbocycles. The van der Waals surface area contributed by atoms with Gasteiger partial charge in [0.1, 0.15) is 72.0 Å². The minimum atomic E-state index is -1.64. The van der Waals surface area contributed by atoms with E-state index in [0.717, 1.165) is 0 Å². The van der Waals surface area contributed by atoms with Gasteiger partial charge in [0.15, 0.2) is 0 Å². The van der Waals surface area contributed by atoms with Gasteiger partial charge >= 0.3 is 23.9 Å². The van der Waals surface area contributed by atoms with E-state index < -0.39 is 78.0 Å². The molecule has 0 aliphatic heterocycles. The van der Waals surface area contributed by atoms with Crippen molar-refractivity contribution in [3.63, 3.8) is 0 Å². The molecule has 0 spiro atoms. The summed E-state index contributed by atoms with van der Waals surface area (Å²) in [5.74, 6) is -4.58. The number of ether oxygens (including phenoxy) is 4. The van der Waals surface area contributed by atoms with Gasteiger partial charge in [0, 0.05) is 28.7 Å². The van der Waals surface area contributed by atoms with Gasteiger partial charge < -0.3 is 18.9 Å². The number of carbonyl (C=O) groups is 4. The lowest BCUT2D eigenvalue weighted by atomic mass is 9.93. The first-order valence-corrected chi connectivity index (χ1v) is 25.5. The highest BCUT2D eigenvalue weighted by molar-refractivity contribution is 6.08. The molecule has 0 fully saturated rings. The summed E-state index contributed by atoms with van der Waals surface area (Å²) in [4.78, 5) is 58.5. The fraction of sp³-hybridized carbons (Fsp3) is 0.0725. The van der Waals surface area contributed by atoms with Crippen molar-refractivity contribution >= 4 is 46.2 Å². The van der Waals surface area contributed by atoms with E-state index in [1.54, 1.807) is 243 Å². The molecular weight excluding hydrogens is 1010 g/mol. The van der Waals surface area contributed by atoms with Gasteiger partial charge in [-0.05, 0) is 44.5 Å². The average molecular weight is 1060 g/mol. The Kier molecular flexibility index (Phi) is 19.3. The molecule has 8 aromatic rings. The van der Waals surface area contributed by atoms with Gasteiger partial charge in [0.05, 0.1) is 0 Å². The van der Waals surface area contributed by atoms with Gasteiger partial charge in [-0.25, -0.2) is 19.2 Å². The highest BCUT2D eigenvalue weighted by Crippen LogP contribution is 2.33. The molecule has 8 aromatic carbocycles. The molecule has 2 unspecified atom stereocenters. The van der Waals surface area contributed by atoms with Gasteiger partial charge in [-0.2, -0.15) is 21.0 Å². The van der Waals surface area contributed by atoms with Crippen LogP contribution in [0.2, 0.25) is 0 Å². The molecule has 0 aromatic heterocycles. The molecule has 0 heterocycles. The van der Waals surface area contributed by atoms with Crippen LogP contribution < -0.4 is 0 Å². The van der Waals surface area contributed by atoms with Gasteiger partial charge in [-0.15, -0.1) is 0 Å². The van der Waals surface area contributed by atoms with E-state index in [-0.39, 0.29) is 22.3 Å². The molecule has 12 heteroatoms. The average Bonchev–Trinajstić information content (AvgIpc) is 3.62. The Balaban J connectivity index is 1.24. The van der Waals surface area contributed by atoms with E-state index in [4.69, 9.17) is 18.9 Å². The van der Waals surface area contributed by atoms with E-state index in [1.807, 2.05) is 24.3 Å². The third-order valence-electron chi connectivity index (χ3n) is 12.6. The molecule has 0 saturated heterocycles. The minimum Gasteiger partial charge on any atom is -0.458 e. The van der Waals surface area contributed by atoms with Crippen LogP contribution in [-0.4, -0.2) is 49.3 Å². The Bertz CT molecular complexity index is 3400. The zero-order valence-corrected chi connectivity index (χ0v) is 43.4. The first-order chi connectivity index (χ1) is 39.7. The van der Waals surface area contributed by atoms with Crippen molar-refractivity contribution in [2.75, 3.05) is 13.2 Å². The summed E-state index contributed by atoms with van der Waals surface area (Å²) in [6.45, 7) is -1.62. The van der Waals surface area contributed by atoms with Crippen LogP contribution in [0.15, 0.2) is 265 Å². The molecule has 8 rings (SSSR count). The number of nitriles is 4. The number of benzene rings is 8.